The zero-order chi connectivity index (χ0) is 15.0. The van der Waals surface area contributed by atoms with Crippen molar-refractivity contribution in [2.75, 3.05) is 19.5 Å². The van der Waals surface area contributed by atoms with Gasteiger partial charge in [-0.1, -0.05) is 12.1 Å². The summed E-state index contributed by atoms with van der Waals surface area (Å²) in [6.07, 6.45) is 1.11. The third kappa shape index (κ3) is 2.43. The number of sulfone groups is 1. The summed E-state index contributed by atoms with van der Waals surface area (Å²) in [5.74, 6) is -0.977. The smallest absolute Gasteiger partial charge is 0.152 e. The molecule has 1 aliphatic carbocycles. The van der Waals surface area contributed by atoms with Gasteiger partial charge in [0.2, 0.25) is 0 Å². The minimum absolute atomic E-state index is 0.0406. The van der Waals surface area contributed by atoms with Crippen LogP contribution in [0, 0.1) is 22.6 Å². The molecular weight excluding hydrogens is 281 g/mol. The molecule has 1 aromatic rings. The number of nitriles is 1. The summed E-state index contributed by atoms with van der Waals surface area (Å²) in [5.41, 5.74) is -0.584. The van der Waals surface area contributed by atoms with E-state index in [1.165, 1.54) is 18.2 Å². The molecule has 1 saturated carbocycles. The lowest BCUT2D eigenvalue weighted by molar-refractivity contribution is 0.117. The third-order valence-corrected chi connectivity index (χ3v) is 5.29. The van der Waals surface area contributed by atoms with Gasteiger partial charge in [0.15, 0.2) is 9.84 Å². The van der Waals surface area contributed by atoms with Crippen molar-refractivity contribution in [3.05, 3.63) is 35.6 Å². The molecule has 108 valence electrons. The molecular formula is C14H16FNO3S. The van der Waals surface area contributed by atoms with Crippen LogP contribution in [0.5, 0.6) is 0 Å². The fourth-order valence-corrected chi connectivity index (χ4v) is 4.66. The van der Waals surface area contributed by atoms with E-state index in [-0.39, 0.29) is 6.61 Å². The molecule has 1 fully saturated rings. The summed E-state index contributed by atoms with van der Waals surface area (Å²) in [6, 6.07) is 7.83. The summed E-state index contributed by atoms with van der Waals surface area (Å²) in [4.78, 5) is 0. The molecule has 0 heterocycles. The molecule has 2 rings (SSSR count). The lowest BCUT2D eigenvalue weighted by atomic mass is 10.0. The molecule has 6 heteroatoms. The molecule has 20 heavy (non-hydrogen) atoms. The molecule has 0 unspecified atom stereocenters. The van der Waals surface area contributed by atoms with Gasteiger partial charge >= 0.3 is 0 Å². The van der Waals surface area contributed by atoms with Gasteiger partial charge in [0.25, 0.3) is 0 Å². The van der Waals surface area contributed by atoms with E-state index >= 15 is 0 Å². The van der Waals surface area contributed by atoms with E-state index in [1.807, 2.05) is 0 Å². The van der Waals surface area contributed by atoms with Crippen LogP contribution in [0.25, 0.3) is 0 Å². The Hall–Kier alpha value is -1.45. The molecule has 0 saturated heterocycles. The third-order valence-electron chi connectivity index (χ3n) is 3.68. The zero-order valence-corrected chi connectivity index (χ0v) is 12.2. The Morgan fingerprint density at radius 2 is 2.20 bits per heavy atom. The minimum atomic E-state index is -3.41. The van der Waals surface area contributed by atoms with Gasteiger partial charge < -0.3 is 4.74 Å². The van der Waals surface area contributed by atoms with E-state index in [1.54, 1.807) is 13.0 Å². The van der Waals surface area contributed by atoms with Gasteiger partial charge in [-0.3, -0.25) is 0 Å². The molecule has 1 aliphatic rings. The van der Waals surface area contributed by atoms with E-state index in [0.717, 1.165) is 6.26 Å². The number of rotatable bonds is 5. The maximum Gasteiger partial charge on any atom is 0.152 e. The Bertz CT molecular complexity index is 653. The average Bonchev–Trinajstić information content (AvgIpc) is 3.06. The topological polar surface area (TPSA) is 67.2 Å². The van der Waals surface area contributed by atoms with Gasteiger partial charge in [-0.15, -0.1) is 0 Å². The quantitative estimate of drug-likeness (QED) is 0.832. The highest BCUT2D eigenvalue weighted by Gasteiger charge is 2.71. The molecule has 3 atom stereocenters. The minimum Gasteiger partial charge on any atom is -0.380 e. The van der Waals surface area contributed by atoms with Crippen molar-refractivity contribution < 1.29 is 17.5 Å². The van der Waals surface area contributed by atoms with Crippen molar-refractivity contribution in [2.24, 2.45) is 5.41 Å². The Balaban J connectivity index is 2.43. The standard InChI is InChI=1S/C14H16FNO3S/c1-3-19-9-14(8-16)12(13(14)20(2,17)18)10-5-4-6-11(15)7-10/h4-7,12-13H,3,9H2,1-2H3/t12-,13-,14+/m0/s1. The summed E-state index contributed by atoms with van der Waals surface area (Å²) < 4.78 is 42.4. The first-order chi connectivity index (χ1) is 9.36. The Labute approximate surface area is 118 Å². The molecule has 4 nitrogen and oxygen atoms in total. The second-order valence-corrected chi connectivity index (χ2v) is 7.24. The number of benzene rings is 1. The molecule has 0 radical (unpaired) electrons. The maximum absolute atomic E-state index is 13.3. The highest BCUT2D eigenvalue weighted by molar-refractivity contribution is 7.91. The van der Waals surface area contributed by atoms with Crippen LogP contribution in [0.4, 0.5) is 4.39 Å². The predicted octanol–water partition coefficient (Wildman–Crippen LogP) is 1.88. The highest BCUT2D eigenvalue weighted by atomic mass is 32.2. The van der Waals surface area contributed by atoms with Crippen LogP contribution in [-0.2, 0) is 14.6 Å². The Morgan fingerprint density at radius 1 is 1.50 bits per heavy atom. The zero-order valence-electron chi connectivity index (χ0n) is 11.3. The van der Waals surface area contributed by atoms with Crippen molar-refractivity contribution in [3.8, 4) is 6.07 Å². The van der Waals surface area contributed by atoms with Crippen molar-refractivity contribution in [2.45, 2.75) is 18.1 Å². The van der Waals surface area contributed by atoms with Crippen LogP contribution in [0.1, 0.15) is 18.4 Å². The first-order valence-corrected chi connectivity index (χ1v) is 8.25. The summed E-state index contributed by atoms with van der Waals surface area (Å²) >= 11 is 0. The van der Waals surface area contributed by atoms with Crippen LogP contribution in [0.2, 0.25) is 0 Å². The number of hydrogen-bond donors (Lipinski definition) is 0. The van der Waals surface area contributed by atoms with E-state index < -0.39 is 32.2 Å². The lowest BCUT2D eigenvalue weighted by Gasteiger charge is -2.08. The van der Waals surface area contributed by atoms with Crippen LogP contribution in [0.3, 0.4) is 0 Å². The second-order valence-electron chi connectivity index (χ2n) is 5.07. The molecule has 0 amide bonds. The fourth-order valence-electron chi connectivity index (χ4n) is 2.81. The van der Waals surface area contributed by atoms with Crippen molar-refractivity contribution >= 4 is 9.84 Å². The van der Waals surface area contributed by atoms with E-state index in [2.05, 4.69) is 6.07 Å². The Kier molecular flexibility index (Phi) is 3.85. The molecule has 0 bridgehead atoms. The van der Waals surface area contributed by atoms with E-state index in [4.69, 9.17) is 4.74 Å². The average molecular weight is 297 g/mol. The highest BCUT2D eigenvalue weighted by Crippen LogP contribution is 2.62. The van der Waals surface area contributed by atoms with Gasteiger partial charge in [-0.25, -0.2) is 12.8 Å². The second kappa shape index (κ2) is 5.15. The van der Waals surface area contributed by atoms with E-state index in [0.29, 0.717) is 12.2 Å². The molecule has 0 aliphatic heterocycles. The summed E-state index contributed by atoms with van der Waals surface area (Å²) in [7, 11) is -3.41. The normalized spacial score (nSPS) is 28.9. The molecule has 1 aromatic carbocycles. The van der Waals surface area contributed by atoms with Gasteiger partial charge in [-0.05, 0) is 24.6 Å². The summed E-state index contributed by atoms with van der Waals surface area (Å²) in [5, 5.41) is 8.59. The number of nitrogens with zero attached hydrogens (tertiary/aromatic N) is 1. The largest absolute Gasteiger partial charge is 0.380 e. The fraction of sp³-hybridized carbons (Fsp3) is 0.500. The van der Waals surface area contributed by atoms with Crippen LogP contribution in [0.15, 0.2) is 24.3 Å². The maximum atomic E-state index is 13.3. The van der Waals surface area contributed by atoms with Crippen LogP contribution < -0.4 is 0 Å². The predicted molar refractivity (Wildman–Crippen MR) is 72.3 cm³/mol. The SMILES string of the molecule is CCOC[C@]1(C#N)[C@@H](c2cccc(F)c2)[C@@H]1S(C)(=O)=O. The first-order valence-electron chi connectivity index (χ1n) is 6.30. The van der Waals surface area contributed by atoms with Gasteiger partial charge in [-0.2, -0.15) is 5.26 Å². The number of halogens is 1. The molecule has 0 N–H and O–H groups in total. The molecule has 0 aromatic heterocycles. The van der Waals surface area contributed by atoms with Gasteiger partial charge in [0.05, 0.1) is 17.9 Å². The number of ether oxygens (including phenoxy) is 1. The van der Waals surface area contributed by atoms with Gasteiger partial charge in [0, 0.05) is 18.8 Å². The summed E-state index contributed by atoms with van der Waals surface area (Å²) in [6.45, 7) is 2.22. The van der Waals surface area contributed by atoms with Crippen molar-refractivity contribution in [1.82, 2.24) is 0 Å². The van der Waals surface area contributed by atoms with E-state index in [9.17, 15) is 18.1 Å². The van der Waals surface area contributed by atoms with Crippen LogP contribution >= 0.6 is 0 Å². The lowest BCUT2D eigenvalue weighted by Crippen LogP contribution is -2.18. The monoisotopic (exact) mass is 297 g/mol. The van der Waals surface area contributed by atoms with Crippen LogP contribution in [-0.4, -0.2) is 33.1 Å². The van der Waals surface area contributed by atoms with Gasteiger partial charge in [0.1, 0.15) is 11.2 Å². The Morgan fingerprint density at radius 3 is 2.70 bits per heavy atom. The van der Waals surface area contributed by atoms with Crippen molar-refractivity contribution in [3.63, 3.8) is 0 Å². The van der Waals surface area contributed by atoms with Crippen molar-refractivity contribution in [1.29, 1.82) is 5.26 Å². The first kappa shape index (κ1) is 14.9. The molecule has 0 spiro atoms. The number of hydrogen-bond acceptors (Lipinski definition) is 4.